The fraction of sp³-hybridized carbons (Fsp3) is 0.333. The standard InChI is InChI=1S/C15H16N2O2/c18-15(17-9-11-5-7-19-10-11)13-3-4-14-12(8-13)2-1-6-16-14/h1-4,6,8,11H,5,7,9-10H2,(H,17,18)/t11-/m0/s1. The monoisotopic (exact) mass is 256 g/mol. The van der Waals surface area contributed by atoms with Gasteiger partial charge >= 0.3 is 0 Å². The van der Waals surface area contributed by atoms with E-state index in [2.05, 4.69) is 10.3 Å². The van der Waals surface area contributed by atoms with Crippen LogP contribution in [0.1, 0.15) is 16.8 Å². The fourth-order valence-corrected chi connectivity index (χ4v) is 2.30. The topological polar surface area (TPSA) is 51.2 Å². The molecule has 1 aromatic heterocycles. The molecule has 0 unspecified atom stereocenters. The minimum absolute atomic E-state index is 0.0300. The number of hydrogen-bond acceptors (Lipinski definition) is 3. The number of nitrogens with zero attached hydrogens (tertiary/aromatic N) is 1. The van der Waals surface area contributed by atoms with Gasteiger partial charge in [-0.05, 0) is 30.7 Å². The van der Waals surface area contributed by atoms with E-state index in [1.807, 2.05) is 30.3 Å². The summed E-state index contributed by atoms with van der Waals surface area (Å²) in [6.45, 7) is 2.24. The van der Waals surface area contributed by atoms with E-state index in [4.69, 9.17) is 4.74 Å². The number of carbonyl (C=O) groups excluding carboxylic acids is 1. The second-order valence-electron chi connectivity index (χ2n) is 4.85. The summed E-state index contributed by atoms with van der Waals surface area (Å²) in [5, 5.41) is 3.95. The van der Waals surface area contributed by atoms with Gasteiger partial charge in [-0.1, -0.05) is 6.07 Å². The van der Waals surface area contributed by atoms with Crippen molar-refractivity contribution in [3.05, 3.63) is 42.1 Å². The highest BCUT2D eigenvalue weighted by Gasteiger charge is 2.16. The van der Waals surface area contributed by atoms with E-state index >= 15 is 0 Å². The van der Waals surface area contributed by atoms with Crippen molar-refractivity contribution in [2.75, 3.05) is 19.8 Å². The Balaban J connectivity index is 1.70. The van der Waals surface area contributed by atoms with Gasteiger partial charge in [-0.25, -0.2) is 0 Å². The van der Waals surface area contributed by atoms with E-state index in [1.54, 1.807) is 6.20 Å². The number of fused-ring (bicyclic) bond motifs is 1. The Bertz CT molecular complexity index is 591. The molecule has 1 atom stereocenters. The number of pyridine rings is 1. The summed E-state index contributed by atoms with van der Waals surface area (Å²) in [5.74, 6) is 0.420. The summed E-state index contributed by atoms with van der Waals surface area (Å²) in [4.78, 5) is 16.3. The third-order valence-electron chi connectivity index (χ3n) is 3.44. The van der Waals surface area contributed by atoms with Crippen molar-refractivity contribution in [2.24, 2.45) is 5.92 Å². The van der Waals surface area contributed by atoms with Crippen LogP contribution in [0.25, 0.3) is 10.9 Å². The number of carbonyl (C=O) groups is 1. The van der Waals surface area contributed by atoms with Crippen molar-refractivity contribution < 1.29 is 9.53 Å². The van der Waals surface area contributed by atoms with Crippen molar-refractivity contribution >= 4 is 16.8 Å². The Kier molecular flexibility index (Phi) is 3.42. The molecule has 4 heteroatoms. The van der Waals surface area contributed by atoms with Gasteiger partial charge < -0.3 is 10.1 Å². The summed E-state index contributed by atoms with van der Waals surface area (Å²) in [5.41, 5.74) is 1.59. The Morgan fingerprint density at radius 1 is 1.42 bits per heavy atom. The number of amides is 1. The first-order valence-electron chi connectivity index (χ1n) is 6.53. The second kappa shape index (κ2) is 5.36. The van der Waals surface area contributed by atoms with E-state index in [-0.39, 0.29) is 5.91 Å². The molecular formula is C15H16N2O2. The summed E-state index contributed by atoms with van der Waals surface area (Å²) in [7, 11) is 0. The molecule has 98 valence electrons. The van der Waals surface area contributed by atoms with Gasteiger partial charge in [0.25, 0.3) is 5.91 Å². The lowest BCUT2D eigenvalue weighted by molar-refractivity contribution is 0.0945. The maximum absolute atomic E-state index is 12.1. The third-order valence-corrected chi connectivity index (χ3v) is 3.44. The van der Waals surface area contributed by atoms with Gasteiger partial charge in [0.05, 0.1) is 12.1 Å². The van der Waals surface area contributed by atoms with Crippen LogP contribution in [0.5, 0.6) is 0 Å². The van der Waals surface area contributed by atoms with E-state index < -0.39 is 0 Å². The molecule has 1 N–H and O–H groups in total. The molecule has 1 aliphatic rings. The molecule has 1 aliphatic heterocycles. The SMILES string of the molecule is O=C(NC[C@@H]1CCOC1)c1ccc2ncccc2c1. The normalized spacial score (nSPS) is 18.6. The number of rotatable bonds is 3. The maximum Gasteiger partial charge on any atom is 0.251 e. The van der Waals surface area contributed by atoms with Crippen molar-refractivity contribution in [2.45, 2.75) is 6.42 Å². The molecule has 0 spiro atoms. The molecule has 1 fully saturated rings. The first-order chi connectivity index (χ1) is 9.33. The molecule has 0 aliphatic carbocycles. The van der Waals surface area contributed by atoms with Crippen LogP contribution in [0.2, 0.25) is 0 Å². The predicted octanol–water partition coefficient (Wildman–Crippen LogP) is 2.00. The number of ether oxygens (including phenoxy) is 1. The Morgan fingerprint density at radius 2 is 2.37 bits per heavy atom. The van der Waals surface area contributed by atoms with Gasteiger partial charge in [-0.3, -0.25) is 9.78 Å². The maximum atomic E-state index is 12.1. The van der Waals surface area contributed by atoms with Crippen molar-refractivity contribution in [1.29, 1.82) is 0 Å². The molecular weight excluding hydrogens is 240 g/mol. The Morgan fingerprint density at radius 3 is 3.21 bits per heavy atom. The summed E-state index contributed by atoms with van der Waals surface area (Å²) >= 11 is 0. The largest absolute Gasteiger partial charge is 0.381 e. The molecule has 0 radical (unpaired) electrons. The van der Waals surface area contributed by atoms with Crippen LogP contribution in [0.4, 0.5) is 0 Å². The highest BCUT2D eigenvalue weighted by atomic mass is 16.5. The van der Waals surface area contributed by atoms with Crippen LogP contribution in [0, 0.1) is 5.92 Å². The van der Waals surface area contributed by atoms with Crippen LogP contribution in [0.3, 0.4) is 0 Å². The summed E-state index contributed by atoms with van der Waals surface area (Å²) in [6, 6.07) is 9.41. The van der Waals surface area contributed by atoms with Crippen LogP contribution >= 0.6 is 0 Å². The lowest BCUT2D eigenvalue weighted by atomic mass is 10.1. The summed E-state index contributed by atoms with van der Waals surface area (Å²) < 4.78 is 5.29. The molecule has 2 aromatic rings. The second-order valence-corrected chi connectivity index (χ2v) is 4.85. The smallest absolute Gasteiger partial charge is 0.251 e. The quantitative estimate of drug-likeness (QED) is 0.913. The highest BCUT2D eigenvalue weighted by Crippen LogP contribution is 2.14. The van der Waals surface area contributed by atoms with Crippen molar-refractivity contribution in [3.63, 3.8) is 0 Å². The van der Waals surface area contributed by atoms with E-state index in [9.17, 15) is 4.79 Å². The van der Waals surface area contributed by atoms with Crippen LogP contribution in [0.15, 0.2) is 36.5 Å². The molecule has 1 saturated heterocycles. The van der Waals surface area contributed by atoms with E-state index in [1.165, 1.54) is 0 Å². The highest BCUT2D eigenvalue weighted by molar-refractivity contribution is 5.97. The van der Waals surface area contributed by atoms with Gasteiger partial charge in [-0.15, -0.1) is 0 Å². The Labute approximate surface area is 111 Å². The lowest BCUT2D eigenvalue weighted by Gasteiger charge is -2.09. The molecule has 19 heavy (non-hydrogen) atoms. The van der Waals surface area contributed by atoms with E-state index in [0.29, 0.717) is 18.0 Å². The number of hydrogen-bond donors (Lipinski definition) is 1. The lowest BCUT2D eigenvalue weighted by Crippen LogP contribution is -2.29. The average molecular weight is 256 g/mol. The zero-order valence-electron chi connectivity index (χ0n) is 10.6. The minimum Gasteiger partial charge on any atom is -0.381 e. The van der Waals surface area contributed by atoms with Crippen LogP contribution in [-0.2, 0) is 4.74 Å². The molecule has 0 saturated carbocycles. The predicted molar refractivity (Wildman–Crippen MR) is 73.0 cm³/mol. The number of benzene rings is 1. The van der Waals surface area contributed by atoms with Gasteiger partial charge in [0.1, 0.15) is 0 Å². The zero-order chi connectivity index (χ0) is 13.1. The number of nitrogens with one attached hydrogen (secondary N) is 1. The molecule has 1 amide bonds. The average Bonchev–Trinajstić information content (AvgIpc) is 2.97. The van der Waals surface area contributed by atoms with Crippen LogP contribution < -0.4 is 5.32 Å². The molecule has 1 aromatic carbocycles. The fourth-order valence-electron chi connectivity index (χ4n) is 2.30. The molecule has 0 bridgehead atoms. The van der Waals surface area contributed by atoms with Crippen molar-refractivity contribution in [1.82, 2.24) is 10.3 Å². The van der Waals surface area contributed by atoms with Gasteiger partial charge in [-0.2, -0.15) is 0 Å². The first kappa shape index (κ1) is 12.1. The number of aromatic nitrogens is 1. The van der Waals surface area contributed by atoms with Gasteiger partial charge in [0.2, 0.25) is 0 Å². The van der Waals surface area contributed by atoms with Crippen molar-refractivity contribution in [3.8, 4) is 0 Å². The van der Waals surface area contributed by atoms with E-state index in [0.717, 1.165) is 30.5 Å². The minimum atomic E-state index is -0.0300. The zero-order valence-corrected chi connectivity index (χ0v) is 10.6. The first-order valence-corrected chi connectivity index (χ1v) is 6.53. The molecule has 4 nitrogen and oxygen atoms in total. The van der Waals surface area contributed by atoms with Crippen LogP contribution in [-0.4, -0.2) is 30.6 Å². The third kappa shape index (κ3) is 2.74. The summed E-state index contributed by atoms with van der Waals surface area (Å²) in [6.07, 6.45) is 2.78. The molecule has 3 rings (SSSR count). The Hall–Kier alpha value is -1.94. The van der Waals surface area contributed by atoms with Gasteiger partial charge in [0.15, 0.2) is 0 Å². The molecule has 2 heterocycles. The van der Waals surface area contributed by atoms with Gasteiger partial charge in [0, 0.05) is 36.2 Å².